The summed E-state index contributed by atoms with van der Waals surface area (Å²) in [6.45, 7) is 1.58. The molecule has 14 heteroatoms. The van der Waals surface area contributed by atoms with Crippen LogP contribution in [0.15, 0.2) is 54.7 Å². The molecule has 3 N–H and O–H groups in total. The fourth-order valence-corrected chi connectivity index (χ4v) is 3.05. The molecule has 1 aliphatic heterocycles. The summed E-state index contributed by atoms with van der Waals surface area (Å²) in [5.74, 6) is -5.74. The van der Waals surface area contributed by atoms with Crippen LogP contribution in [0.5, 0.6) is 0 Å². The predicted octanol–water partition coefficient (Wildman–Crippen LogP) is 5.47. The highest BCUT2D eigenvalue weighted by Gasteiger charge is 2.54. The number of alkyl halides is 6. The Morgan fingerprint density at radius 3 is 1.81 bits per heavy atom. The number of carbonyl (C=O) groups is 2. The summed E-state index contributed by atoms with van der Waals surface area (Å²) < 4.78 is 67.0. The van der Waals surface area contributed by atoms with Crippen LogP contribution in [0.3, 0.4) is 0 Å². The van der Waals surface area contributed by atoms with Crippen molar-refractivity contribution < 1.29 is 35.9 Å². The van der Waals surface area contributed by atoms with Gasteiger partial charge >= 0.3 is 23.9 Å². The highest BCUT2D eigenvalue weighted by molar-refractivity contribution is 6.41. The molecule has 0 fully saturated rings. The lowest BCUT2D eigenvalue weighted by Crippen LogP contribution is -2.39. The maximum atomic E-state index is 11.2. The fraction of sp³-hybridized carbons (Fsp3) is 0.182. The average molecular weight is 532 g/mol. The van der Waals surface area contributed by atoms with Gasteiger partial charge in [0.2, 0.25) is 5.95 Å². The molecule has 4 rings (SSSR count). The highest BCUT2D eigenvalue weighted by atomic mass is 35.5. The zero-order valence-corrected chi connectivity index (χ0v) is 18.7. The number of hydrogen-bond acceptors (Lipinski definition) is 7. The second-order valence-electron chi connectivity index (χ2n) is 7.30. The number of fused-ring (bicyclic) bond motifs is 6. The van der Waals surface area contributed by atoms with Gasteiger partial charge in [0.05, 0.1) is 6.20 Å². The number of nitrogens with zero attached hydrogens (tertiary/aromatic N) is 2. The van der Waals surface area contributed by atoms with Crippen molar-refractivity contribution in [1.29, 1.82) is 0 Å². The molecule has 2 heterocycles. The monoisotopic (exact) mass is 531 g/mol. The maximum absolute atomic E-state index is 11.2. The van der Waals surface area contributed by atoms with Gasteiger partial charge < -0.3 is 16.0 Å². The van der Waals surface area contributed by atoms with E-state index in [1.807, 2.05) is 24.3 Å². The second-order valence-corrected chi connectivity index (χ2v) is 7.71. The minimum atomic E-state index is -5.77. The Kier molecular flexibility index (Phi) is 8.15. The van der Waals surface area contributed by atoms with Gasteiger partial charge in [-0.2, -0.15) is 31.3 Å². The molecule has 0 spiro atoms. The summed E-state index contributed by atoms with van der Waals surface area (Å²) in [5.41, 5.74) is 4.27. The molecule has 1 aliphatic rings. The first-order valence-electron chi connectivity index (χ1n) is 10.0. The topological polar surface area (TPSA) is 96.0 Å². The Bertz CT molecular complexity index is 1240. The second kappa shape index (κ2) is 10.9. The molecule has 0 radical (unpaired) electrons. The van der Waals surface area contributed by atoms with Crippen molar-refractivity contribution in [2.75, 3.05) is 10.6 Å². The first kappa shape index (κ1) is 26.9. The van der Waals surface area contributed by atoms with E-state index in [1.165, 1.54) is 11.1 Å². The lowest BCUT2D eigenvalue weighted by Gasteiger charge is -2.13. The molecule has 0 saturated heterocycles. The number of carbonyl (C=O) groups excluding carboxylic acids is 2. The molecule has 36 heavy (non-hydrogen) atoms. The SMILES string of the molecule is Clc1cnc2nc1Nc1cccc(c1)CNCc1cccc(c1)N2.O=C(C(=O)C(F)(F)F)C(F)(F)F. The number of halogens is 7. The number of aromatic nitrogens is 2. The zero-order valence-electron chi connectivity index (χ0n) is 18.0. The van der Waals surface area contributed by atoms with E-state index in [2.05, 4.69) is 50.2 Å². The number of anilines is 4. The molecule has 0 amide bonds. The number of benzene rings is 2. The van der Waals surface area contributed by atoms with Crippen LogP contribution in [0, 0.1) is 0 Å². The van der Waals surface area contributed by atoms with Crippen molar-refractivity contribution in [1.82, 2.24) is 15.3 Å². The maximum Gasteiger partial charge on any atom is 0.458 e. The molecule has 0 aliphatic carbocycles. The predicted molar refractivity (Wildman–Crippen MR) is 119 cm³/mol. The quantitative estimate of drug-likeness (QED) is 0.283. The summed E-state index contributed by atoms with van der Waals surface area (Å²) in [6.07, 6.45) is -9.94. The Balaban J connectivity index is 0.000000257. The lowest BCUT2D eigenvalue weighted by molar-refractivity contribution is -0.193. The zero-order chi connectivity index (χ0) is 26.5. The van der Waals surface area contributed by atoms with Gasteiger partial charge in [-0.1, -0.05) is 35.9 Å². The van der Waals surface area contributed by atoms with E-state index in [0.717, 1.165) is 24.5 Å². The third kappa shape index (κ3) is 7.39. The van der Waals surface area contributed by atoms with Crippen molar-refractivity contribution >= 4 is 46.3 Å². The molecule has 6 bridgehead atoms. The van der Waals surface area contributed by atoms with Crippen LogP contribution in [0.1, 0.15) is 11.1 Å². The van der Waals surface area contributed by atoms with Gasteiger partial charge in [0.25, 0.3) is 0 Å². The van der Waals surface area contributed by atoms with Gasteiger partial charge in [-0.15, -0.1) is 0 Å². The van der Waals surface area contributed by atoms with E-state index in [4.69, 9.17) is 11.6 Å². The number of Topliss-reactive ketones (excluding diaryl/α,β-unsaturated/α-hetero) is 2. The number of nitrogens with one attached hydrogen (secondary N) is 3. The number of ketones is 2. The molecule has 0 atom stereocenters. The van der Waals surface area contributed by atoms with Crippen LogP contribution in [0.25, 0.3) is 0 Å². The van der Waals surface area contributed by atoms with Crippen LogP contribution in [0.2, 0.25) is 5.02 Å². The van der Waals surface area contributed by atoms with Gasteiger partial charge in [-0.3, -0.25) is 9.59 Å². The molecule has 1 aromatic heterocycles. The van der Waals surface area contributed by atoms with Crippen molar-refractivity contribution in [3.05, 3.63) is 70.9 Å². The summed E-state index contributed by atoms with van der Waals surface area (Å²) in [5, 5.41) is 10.4. The molecule has 3 aromatic rings. The molecule has 0 unspecified atom stereocenters. The van der Waals surface area contributed by atoms with Gasteiger partial charge in [0.1, 0.15) is 5.02 Å². The molecule has 7 nitrogen and oxygen atoms in total. The van der Waals surface area contributed by atoms with E-state index in [0.29, 0.717) is 16.8 Å². The summed E-state index contributed by atoms with van der Waals surface area (Å²) in [4.78, 5) is 28.0. The largest absolute Gasteiger partial charge is 0.458 e. The Morgan fingerprint density at radius 1 is 0.806 bits per heavy atom. The minimum absolute atomic E-state index is 0.477. The average Bonchev–Trinajstić information content (AvgIpc) is 2.80. The fourth-order valence-electron chi connectivity index (χ4n) is 2.91. The number of hydrogen-bond donors (Lipinski definition) is 3. The van der Waals surface area contributed by atoms with E-state index >= 15 is 0 Å². The van der Waals surface area contributed by atoms with Gasteiger partial charge in [-0.25, -0.2) is 4.98 Å². The minimum Gasteiger partial charge on any atom is -0.339 e. The van der Waals surface area contributed by atoms with E-state index in [1.54, 1.807) is 6.20 Å². The Labute approximate surface area is 204 Å². The first-order valence-corrected chi connectivity index (χ1v) is 10.4. The van der Waals surface area contributed by atoms with Crippen LogP contribution in [-0.2, 0) is 22.7 Å². The smallest absolute Gasteiger partial charge is 0.339 e. The Morgan fingerprint density at radius 2 is 1.31 bits per heavy atom. The molecular weight excluding hydrogens is 516 g/mol. The standard InChI is InChI=1S/C18H16ClN5.C4F6O2/c19-16-11-21-18-23-15-6-2-4-13(8-15)10-20-9-12-3-1-5-14(7-12)22-17(16)24-18;5-3(6,7)1(11)2(12)4(8,9)10/h1-8,11,20H,9-10H2,(H2,21,22,23,24);. The molecule has 2 aromatic carbocycles. The Hall–Kier alpha value is -3.71. The summed E-state index contributed by atoms with van der Waals surface area (Å²) in [6, 6.07) is 16.4. The summed E-state index contributed by atoms with van der Waals surface area (Å²) >= 11 is 6.23. The lowest BCUT2D eigenvalue weighted by atomic mass is 10.1. The van der Waals surface area contributed by atoms with Crippen LogP contribution in [0.4, 0.5) is 49.5 Å². The normalized spacial score (nSPS) is 13.2. The molecule has 0 saturated carbocycles. The van der Waals surface area contributed by atoms with Crippen molar-refractivity contribution in [3.8, 4) is 0 Å². The van der Waals surface area contributed by atoms with Crippen LogP contribution < -0.4 is 16.0 Å². The van der Waals surface area contributed by atoms with Crippen LogP contribution in [-0.4, -0.2) is 33.9 Å². The third-order valence-electron chi connectivity index (χ3n) is 4.50. The molecule has 190 valence electrons. The van der Waals surface area contributed by atoms with E-state index in [-0.39, 0.29) is 0 Å². The third-order valence-corrected chi connectivity index (χ3v) is 4.77. The van der Waals surface area contributed by atoms with Crippen molar-refractivity contribution in [3.63, 3.8) is 0 Å². The van der Waals surface area contributed by atoms with E-state index in [9.17, 15) is 35.9 Å². The van der Waals surface area contributed by atoms with Gasteiger partial charge in [0.15, 0.2) is 5.82 Å². The van der Waals surface area contributed by atoms with Crippen LogP contribution >= 0.6 is 11.6 Å². The first-order chi connectivity index (χ1) is 16.8. The number of rotatable bonds is 1. The van der Waals surface area contributed by atoms with Gasteiger partial charge in [0, 0.05) is 24.5 Å². The summed E-state index contributed by atoms with van der Waals surface area (Å²) in [7, 11) is 0. The van der Waals surface area contributed by atoms with Crippen molar-refractivity contribution in [2.24, 2.45) is 0 Å². The molecular formula is C22H16ClF6N5O2. The van der Waals surface area contributed by atoms with Gasteiger partial charge in [-0.05, 0) is 35.4 Å². The highest BCUT2D eigenvalue weighted by Crippen LogP contribution is 2.26. The van der Waals surface area contributed by atoms with Crippen molar-refractivity contribution in [2.45, 2.75) is 25.4 Å². The van der Waals surface area contributed by atoms with E-state index < -0.39 is 23.9 Å².